The van der Waals surface area contributed by atoms with E-state index in [0.717, 1.165) is 24.0 Å². The molecule has 8 rings (SSSR count). The highest BCUT2D eigenvalue weighted by Gasteiger charge is 2.73. The Kier molecular flexibility index (Phi) is 6.38. The van der Waals surface area contributed by atoms with Crippen molar-refractivity contribution in [3.8, 4) is 0 Å². The fourth-order valence-electron chi connectivity index (χ4n) is 8.49. The molecule has 2 aliphatic carbocycles. The van der Waals surface area contributed by atoms with Gasteiger partial charge in [-0.2, -0.15) is 0 Å². The average Bonchev–Trinajstić information content (AvgIpc) is 3.75. The van der Waals surface area contributed by atoms with Crippen LogP contribution in [0.1, 0.15) is 39.8 Å². The van der Waals surface area contributed by atoms with Crippen molar-refractivity contribution >= 4 is 35.0 Å². The summed E-state index contributed by atoms with van der Waals surface area (Å²) in [4.78, 5) is 57.9. The van der Waals surface area contributed by atoms with E-state index in [-0.39, 0.29) is 35.5 Å². The van der Waals surface area contributed by atoms with E-state index in [4.69, 9.17) is 0 Å². The number of hydrogen-bond acceptors (Lipinski definition) is 4. The zero-order chi connectivity index (χ0) is 31.0. The summed E-state index contributed by atoms with van der Waals surface area (Å²) < 4.78 is 0. The fraction of sp³-hybridized carbons (Fsp3) is 0.282. The Balaban J connectivity index is 0.993. The number of anilines is 2. The molecule has 4 aromatic rings. The number of hydrogen-bond donors (Lipinski definition) is 0. The summed E-state index contributed by atoms with van der Waals surface area (Å²) in [7, 11) is 0. The summed E-state index contributed by atoms with van der Waals surface area (Å²) in [5, 5.41) is 0. The normalized spacial score (nSPS) is 26.6. The largest absolute Gasteiger partial charge is 0.274 e. The Morgan fingerprint density at radius 2 is 0.711 bits per heavy atom. The van der Waals surface area contributed by atoms with Crippen molar-refractivity contribution < 1.29 is 19.2 Å². The Hall–Kier alpha value is -4.84. The first-order valence-corrected chi connectivity index (χ1v) is 15.8. The van der Waals surface area contributed by atoms with Gasteiger partial charge in [-0.05, 0) is 91.5 Å². The van der Waals surface area contributed by atoms with Gasteiger partial charge in [0.25, 0.3) is 0 Å². The summed E-state index contributed by atoms with van der Waals surface area (Å²) in [5.74, 6) is -3.74. The molecular weight excluding hydrogens is 560 g/mol. The van der Waals surface area contributed by atoms with Gasteiger partial charge in [-0.15, -0.1) is 0 Å². The maximum absolute atomic E-state index is 13.8. The number of aryl methyl sites for hydroxylation is 2. The van der Waals surface area contributed by atoms with Gasteiger partial charge in [0.1, 0.15) is 0 Å². The number of amides is 4. The van der Waals surface area contributed by atoms with Crippen LogP contribution in [-0.2, 0) is 32.0 Å². The van der Waals surface area contributed by atoms with Gasteiger partial charge in [0.05, 0.1) is 35.0 Å². The van der Waals surface area contributed by atoms with Gasteiger partial charge in [0, 0.05) is 0 Å². The molecular formula is C39H34N2O4. The standard InChI is InChI=1S/C39H34N2O4/c1-22-3-7-24(8-4-22)19-26-11-15-28(16-12-26)40-36(42)32-30-21-31(33(32)37(40)43)35-34(30)38(44)41(39(35)45)29-17-13-27(14-18-29)20-25-9-5-23(2)6-10-25/h3-18,30-35H,19-21H2,1-2H3. The van der Waals surface area contributed by atoms with Crippen LogP contribution in [0.4, 0.5) is 11.4 Å². The van der Waals surface area contributed by atoms with Crippen molar-refractivity contribution in [1.29, 1.82) is 0 Å². The first kappa shape index (κ1) is 27.7. The molecule has 0 spiro atoms. The zero-order valence-electron chi connectivity index (χ0n) is 25.4. The number of benzene rings is 4. The zero-order valence-corrected chi connectivity index (χ0v) is 25.4. The third-order valence-electron chi connectivity index (χ3n) is 10.6. The lowest BCUT2D eigenvalue weighted by atomic mass is 9.70. The maximum atomic E-state index is 13.8. The highest BCUT2D eigenvalue weighted by atomic mass is 16.2. The number of carbonyl (C=O) groups excluding carboxylic acids is 4. The fourth-order valence-corrected chi connectivity index (χ4v) is 8.49. The second kappa shape index (κ2) is 10.4. The minimum absolute atomic E-state index is 0.235. The maximum Gasteiger partial charge on any atom is 0.237 e. The summed E-state index contributed by atoms with van der Waals surface area (Å²) in [6, 6.07) is 32.0. The number of fused-ring (bicyclic) bond motifs is 8. The van der Waals surface area contributed by atoms with E-state index in [1.165, 1.54) is 32.1 Å². The molecule has 2 aliphatic heterocycles. The van der Waals surface area contributed by atoms with Crippen LogP contribution in [0.25, 0.3) is 0 Å². The van der Waals surface area contributed by atoms with Crippen molar-refractivity contribution in [1.82, 2.24) is 0 Å². The molecule has 0 radical (unpaired) electrons. The topological polar surface area (TPSA) is 74.8 Å². The van der Waals surface area contributed by atoms with Crippen molar-refractivity contribution in [2.45, 2.75) is 33.1 Å². The van der Waals surface area contributed by atoms with Gasteiger partial charge >= 0.3 is 0 Å². The molecule has 2 saturated heterocycles. The van der Waals surface area contributed by atoms with Gasteiger partial charge in [-0.1, -0.05) is 83.9 Å². The molecule has 6 nitrogen and oxygen atoms in total. The van der Waals surface area contributed by atoms with E-state index in [1.807, 2.05) is 48.5 Å². The number of imide groups is 2. The highest BCUT2D eigenvalue weighted by Crippen LogP contribution is 2.64. The Morgan fingerprint density at radius 3 is 1.00 bits per heavy atom. The molecule has 6 heteroatoms. The van der Waals surface area contributed by atoms with E-state index in [9.17, 15) is 19.2 Å². The predicted octanol–water partition coefficient (Wildman–Crippen LogP) is 6.05. The highest BCUT2D eigenvalue weighted by molar-refractivity contribution is 6.26. The minimum atomic E-state index is -0.551. The lowest BCUT2D eigenvalue weighted by molar-refractivity contribution is -0.130. The average molecular weight is 595 g/mol. The summed E-state index contributed by atoms with van der Waals surface area (Å²) in [5.41, 5.74) is 8.11. The van der Waals surface area contributed by atoms with Gasteiger partial charge in [0.2, 0.25) is 23.6 Å². The van der Waals surface area contributed by atoms with E-state index >= 15 is 0 Å². The SMILES string of the molecule is Cc1ccc(Cc2ccc(N3C(=O)C4C5CC(C4C3=O)C3C(=O)N(c4ccc(Cc6ccc(C)cc6)cc4)C(=O)C53)cc2)cc1. The van der Waals surface area contributed by atoms with Crippen LogP contribution in [0.2, 0.25) is 0 Å². The smallest absolute Gasteiger partial charge is 0.237 e. The Labute approximate surface area is 262 Å². The van der Waals surface area contributed by atoms with Crippen LogP contribution >= 0.6 is 0 Å². The summed E-state index contributed by atoms with van der Waals surface area (Å²) >= 11 is 0. The monoisotopic (exact) mass is 594 g/mol. The Bertz CT molecular complexity index is 1660. The number of rotatable bonds is 6. The Morgan fingerprint density at radius 1 is 0.444 bits per heavy atom. The van der Waals surface area contributed by atoms with Crippen LogP contribution < -0.4 is 9.80 Å². The molecule has 2 heterocycles. The molecule has 2 bridgehead atoms. The molecule has 4 atom stereocenters. The van der Waals surface area contributed by atoms with Gasteiger partial charge in [0.15, 0.2) is 0 Å². The third-order valence-corrected chi connectivity index (χ3v) is 10.6. The summed E-state index contributed by atoms with van der Waals surface area (Å²) in [6.07, 6.45) is 2.10. The van der Waals surface area contributed by atoms with Crippen molar-refractivity contribution in [3.05, 3.63) is 130 Å². The molecule has 4 aromatic carbocycles. The van der Waals surface area contributed by atoms with Gasteiger partial charge in [-0.25, -0.2) is 0 Å². The molecule has 4 amide bonds. The van der Waals surface area contributed by atoms with Crippen molar-refractivity contribution in [2.24, 2.45) is 35.5 Å². The van der Waals surface area contributed by atoms with Gasteiger partial charge < -0.3 is 0 Å². The minimum Gasteiger partial charge on any atom is -0.274 e. The molecule has 224 valence electrons. The molecule has 2 saturated carbocycles. The van der Waals surface area contributed by atoms with E-state index < -0.39 is 23.7 Å². The summed E-state index contributed by atoms with van der Waals surface area (Å²) in [6.45, 7) is 4.12. The molecule has 45 heavy (non-hydrogen) atoms. The van der Waals surface area contributed by atoms with Gasteiger partial charge in [-0.3, -0.25) is 29.0 Å². The quantitative estimate of drug-likeness (QED) is 0.255. The second-order valence-electron chi connectivity index (χ2n) is 13.3. The molecule has 0 N–H and O–H groups in total. The third kappa shape index (κ3) is 4.38. The molecule has 4 unspecified atom stereocenters. The second-order valence-corrected chi connectivity index (χ2v) is 13.3. The van der Waals surface area contributed by atoms with Crippen molar-refractivity contribution in [2.75, 3.05) is 9.80 Å². The van der Waals surface area contributed by atoms with Crippen LogP contribution in [0.15, 0.2) is 97.1 Å². The van der Waals surface area contributed by atoms with Crippen LogP contribution in [0, 0.1) is 49.4 Å². The molecule has 4 fully saturated rings. The first-order valence-electron chi connectivity index (χ1n) is 15.8. The number of nitrogens with zero attached hydrogens (tertiary/aromatic N) is 2. The molecule has 4 aliphatic rings. The van der Waals surface area contributed by atoms with Crippen LogP contribution in [-0.4, -0.2) is 23.6 Å². The predicted molar refractivity (Wildman–Crippen MR) is 171 cm³/mol. The first-order chi connectivity index (χ1) is 21.8. The van der Waals surface area contributed by atoms with Crippen LogP contribution in [0.3, 0.4) is 0 Å². The van der Waals surface area contributed by atoms with Crippen LogP contribution in [0.5, 0.6) is 0 Å². The molecule has 0 aromatic heterocycles. The lowest BCUT2D eigenvalue weighted by Crippen LogP contribution is -2.37. The lowest BCUT2D eigenvalue weighted by Gasteiger charge is -2.27. The number of carbonyl (C=O) groups is 4. The van der Waals surface area contributed by atoms with Crippen molar-refractivity contribution in [3.63, 3.8) is 0 Å². The van der Waals surface area contributed by atoms with E-state index in [1.54, 1.807) is 0 Å². The van der Waals surface area contributed by atoms with E-state index in [2.05, 4.69) is 62.4 Å². The van der Waals surface area contributed by atoms with E-state index in [0.29, 0.717) is 17.8 Å².